The predicted octanol–water partition coefficient (Wildman–Crippen LogP) is 3.36. The maximum absolute atomic E-state index is 12.5. The van der Waals surface area contributed by atoms with Crippen LogP contribution in [0.3, 0.4) is 0 Å². The van der Waals surface area contributed by atoms with Crippen molar-refractivity contribution in [1.29, 1.82) is 0 Å². The first kappa shape index (κ1) is 13.0. The van der Waals surface area contributed by atoms with Crippen LogP contribution in [-0.4, -0.2) is 11.1 Å². The van der Waals surface area contributed by atoms with Crippen LogP contribution >= 0.6 is 0 Å². The Kier molecular flexibility index (Phi) is 4.09. The van der Waals surface area contributed by atoms with Gasteiger partial charge in [0.1, 0.15) is 0 Å². The van der Waals surface area contributed by atoms with Crippen LogP contribution in [0.1, 0.15) is 11.1 Å². The van der Waals surface area contributed by atoms with E-state index in [9.17, 15) is 18.0 Å². The van der Waals surface area contributed by atoms with Crippen LogP contribution in [0, 0.1) is 0 Å². The second-order valence-corrected chi connectivity index (χ2v) is 3.14. The van der Waals surface area contributed by atoms with Crippen molar-refractivity contribution in [2.24, 2.45) is 0 Å². The normalized spacial score (nSPS) is 12.4. The molecule has 2 nitrogen and oxygen atoms in total. The molecule has 0 aliphatic rings. The number of hydrogen-bond donors (Lipinski definition) is 1. The molecule has 0 aromatic heterocycles. The van der Waals surface area contributed by atoms with Gasteiger partial charge in [-0.05, 0) is 11.6 Å². The fourth-order valence-corrected chi connectivity index (χ4v) is 1.20. The highest BCUT2D eigenvalue weighted by molar-refractivity contribution is 5.80. The van der Waals surface area contributed by atoms with Gasteiger partial charge in [0.15, 0.2) is 0 Å². The highest BCUT2D eigenvalue weighted by atomic mass is 19.4. The Labute approximate surface area is 95.7 Å². The zero-order valence-electron chi connectivity index (χ0n) is 8.61. The van der Waals surface area contributed by atoms with Crippen molar-refractivity contribution in [1.82, 2.24) is 0 Å². The van der Waals surface area contributed by atoms with Gasteiger partial charge in [0.05, 0.1) is 5.56 Å². The van der Waals surface area contributed by atoms with E-state index >= 15 is 0 Å². The number of carboxylic acid groups (broad SMARTS) is 1. The Morgan fingerprint density at radius 2 is 1.82 bits per heavy atom. The first-order chi connectivity index (χ1) is 7.91. The maximum atomic E-state index is 12.5. The van der Waals surface area contributed by atoms with Crippen molar-refractivity contribution in [3.8, 4) is 0 Å². The van der Waals surface area contributed by atoms with Gasteiger partial charge in [0.25, 0.3) is 0 Å². The monoisotopic (exact) mass is 242 g/mol. The lowest BCUT2D eigenvalue weighted by molar-refractivity contribution is -0.137. The molecule has 0 heterocycles. The molecule has 0 aliphatic carbocycles. The van der Waals surface area contributed by atoms with E-state index in [4.69, 9.17) is 5.11 Å². The Morgan fingerprint density at radius 1 is 1.18 bits per heavy atom. The van der Waals surface area contributed by atoms with Crippen LogP contribution in [0.25, 0.3) is 6.08 Å². The van der Waals surface area contributed by atoms with Crippen LogP contribution in [0.4, 0.5) is 13.2 Å². The number of aliphatic carboxylic acids is 1. The quantitative estimate of drug-likeness (QED) is 0.651. The van der Waals surface area contributed by atoms with E-state index in [0.29, 0.717) is 0 Å². The third-order valence-electron chi connectivity index (χ3n) is 1.89. The number of benzene rings is 1. The summed E-state index contributed by atoms with van der Waals surface area (Å²) in [6.07, 6.45) is 0.0423. The van der Waals surface area contributed by atoms with Crippen molar-refractivity contribution in [2.75, 3.05) is 0 Å². The molecule has 17 heavy (non-hydrogen) atoms. The molecule has 0 saturated carbocycles. The fourth-order valence-electron chi connectivity index (χ4n) is 1.20. The van der Waals surface area contributed by atoms with Gasteiger partial charge < -0.3 is 5.11 Å². The zero-order chi connectivity index (χ0) is 12.9. The van der Waals surface area contributed by atoms with E-state index in [-0.39, 0.29) is 5.56 Å². The molecule has 0 aliphatic heterocycles. The summed E-state index contributed by atoms with van der Waals surface area (Å²) < 4.78 is 37.6. The molecule has 0 bridgehead atoms. The van der Waals surface area contributed by atoms with Crippen molar-refractivity contribution in [3.63, 3.8) is 0 Å². The van der Waals surface area contributed by atoms with Crippen LogP contribution in [-0.2, 0) is 11.0 Å². The number of carbonyl (C=O) groups is 1. The van der Waals surface area contributed by atoms with Gasteiger partial charge in [0, 0.05) is 6.08 Å². The summed E-state index contributed by atoms with van der Waals surface area (Å²) in [5, 5.41) is 8.29. The molecule has 1 aromatic rings. The van der Waals surface area contributed by atoms with Gasteiger partial charge in [-0.1, -0.05) is 36.4 Å². The summed E-state index contributed by atoms with van der Waals surface area (Å²) >= 11 is 0. The van der Waals surface area contributed by atoms with Crippen LogP contribution in [0.2, 0.25) is 0 Å². The van der Waals surface area contributed by atoms with Crippen molar-refractivity contribution >= 4 is 12.0 Å². The van der Waals surface area contributed by atoms with E-state index in [2.05, 4.69) is 0 Å². The van der Waals surface area contributed by atoms with Crippen molar-refractivity contribution in [3.05, 3.63) is 53.6 Å². The lowest BCUT2D eigenvalue weighted by Gasteiger charge is -2.09. The molecular weight excluding hydrogens is 233 g/mol. The van der Waals surface area contributed by atoms with Crippen molar-refractivity contribution in [2.45, 2.75) is 6.18 Å². The number of alkyl halides is 3. The van der Waals surface area contributed by atoms with E-state index in [1.807, 2.05) is 0 Å². The summed E-state index contributed by atoms with van der Waals surface area (Å²) in [5.74, 6) is -1.15. The first-order valence-electron chi connectivity index (χ1n) is 4.65. The minimum atomic E-state index is -4.42. The summed E-state index contributed by atoms with van der Waals surface area (Å²) in [5.41, 5.74) is -0.755. The lowest BCUT2D eigenvalue weighted by atomic mass is 10.1. The minimum Gasteiger partial charge on any atom is -0.478 e. The molecule has 0 unspecified atom stereocenters. The molecule has 90 valence electrons. The van der Waals surface area contributed by atoms with Crippen molar-refractivity contribution < 1.29 is 23.1 Å². The minimum absolute atomic E-state index is 0.00459. The fraction of sp³-hybridized carbons (Fsp3) is 0.0833. The summed E-state index contributed by atoms with van der Waals surface area (Å²) in [6.45, 7) is 0. The molecule has 5 heteroatoms. The Balaban J connectivity index is 2.95. The van der Waals surface area contributed by atoms with Crippen LogP contribution in [0.5, 0.6) is 0 Å². The molecule has 0 atom stereocenters. The van der Waals surface area contributed by atoms with Gasteiger partial charge in [-0.3, -0.25) is 0 Å². The molecule has 1 rings (SSSR count). The topological polar surface area (TPSA) is 37.3 Å². The Morgan fingerprint density at radius 3 is 2.41 bits per heavy atom. The lowest BCUT2D eigenvalue weighted by Crippen LogP contribution is -2.06. The van der Waals surface area contributed by atoms with Gasteiger partial charge in [0.2, 0.25) is 0 Å². The van der Waals surface area contributed by atoms with Crippen LogP contribution in [0.15, 0.2) is 42.5 Å². The van der Waals surface area contributed by atoms with E-state index in [1.54, 1.807) is 0 Å². The first-order valence-corrected chi connectivity index (χ1v) is 4.65. The summed E-state index contributed by atoms with van der Waals surface area (Å²) in [7, 11) is 0. The predicted molar refractivity (Wildman–Crippen MR) is 57.3 cm³/mol. The molecule has 0 saturated heterocycles. The largest absolute Gasteiger partial charge is 0.478 e. The molecule has 0 fully saturated rings. The number of halogens is 3. The van der Waals surface area contributed by atoms with E-state index < -0.39 is 17.7 Å². The third kappa shape index (κ3) is 4.14. The number of hydrogen-bond acceptors (Lipinski definition) is 1. The summed E-state index contributed by atoms with van der Waals surface area (Å²) in [4.78, 5) is 10.1. The highest BCUT2D eigenvalue weighted by Gasteiger charge is 2.32. The molecule has 1 aromatic carbocycles. The van der Waals surface area contributed by atoms with E-state index in [1.165, 1.54) is 30.4 Å². The molecule has 0 radical (unpaired) electrons. The third-order valence-corrected chi connectivity index (χ3v) is 1.89. The highest BCUT2D eigenvalue weighted by Crippen LogP contribution is 2.32. The molecule has 0 spiro atoms. The van der Waals surface area contributed by atoms with Crippen LogP contribution < -0.4 is 0 Å². The second kappa shape index (κ2) is 5.34. The number of rotatable bonds is 3. The van der Waals surface area contributed by atoms with E-state index in [0.717, 1.165) is 18.2 Å². The molecule has 1 N–H and O–H groups in total. The Bertz CT molecular complexity index is 459. The van der Waals surface area contributed by atoms with Gasteiger partial charge >= 0.3 is 12.1 Å². The smallest absolute Gasteiger partial charge is 0.416 e. The maximum Gasteiger partial charge on any atom is 0.416 e. The molecule has 0 amide bonds. The summed E-state index contributed by atoms with van der Waals surface area (Å²) in [6, 6.07) is 5.07. The second-order valence-electron chi connectivity index (χ2n) is 3.14. The average molecular weight is 242 g/mol. The average Bonchev–Trinajstić information content (AvgIpc) is 2.23. The number of allylic oxidation sites excluding steroid dienone is 2. The standard InChI is InChI=1S/C12H9F3O2/c13-12(14,15)10-7-3-1-5-9(10)6-2-4-8-11(16)17/h1-8H,(H,16,17). The van der Waals surface area contributed by atoms with Gasteiger partial charge in [-0.15, -0.1) is 0 Å². The molecular formula is C12H9F3O2. The Hall–Kier alpha value is -2.04. The number of carboxylic acids is 1. The van der Waals surface area contributed by atoms with Gasteiger partial charge in [-0.25, -0.2) is 4.79 Å². The zero-order valence-corrected chi connectivity index (χ0v) is 8.61. The SMILES string of the molecule is O=C(O)C=CC=Cc1ccccc1C(F)(F)F. The van der Waals surface area contributed by atoms with Gasteiger partial charge in [-0.2, -0.15) is 13.2 Å².